The number of nitrogens with zero attached hydrogens (tertiary/aromatic N) is 5. The Hall–Kier alpha value is -5.14. The van der Waals surface area contributed by atoms with Gasteiger partial charge in [0.2, 0.25) is 17.6 Å². The summed E-state index contributed by atoms with van der Waals surface area (Å²) in [6, 6.07) is 16.1. The fourth-order valence-electron chi connectivity index (χ4n) is 8.71. The number of hydrogen-bond donors (Lipinski definition) is 1. The molecular weight excluding hydrogens is 951 g/mol. The van der Waals surface area contributed by atoms with Crippen LogP contribution in [0.4, 0.5) is 50.4 Å². The summed E-state index contributed by atoms with van der Waals surface area (Å²) in [5.41, 5.74) is 0.597. The van der Waals surface area contributed by atoms with Gasteiger partial charge in [-0.3, -0.25) is 24.1 Å². The van der Waals surface area contributed by atoms with Crippen molar-refractivity contribution in [3.05, 3.63) is 111 Å². The number of carbonyl (C=O) groups excluding carboxylic acids is 4. The molecule has 11 nitrogen and oxygen atoms in total. The van der Waals surface area contributed by atoms with Gasteiger partial charge in [0.15, 0.2) is 44.5 Å². The second-order valence-corrected chi connectivity index (χ2v) is 17.3. The molecule has 0 unspecified atom stereocenters. The lowest BCUT2D eigenvalue weighted by molar-refractivity contribution is -0.125. The van der Waals surface area contributed by atoms with E-state index in [0.717, 1.165) is 10.6 Å². The Morgan fingerprint density at radius 3 is 1.93 bits per heavy atom. The number of allylic oxidation sites excluding steroid dienone is 2. The van der Waals surface area contributed by atoms with Crippen LogP contribution >= 0.6 is 45.8 Å². The number of aromatic hydroxyl groups is 1. The summed E-state index contributed by atoms with van der Waals surface area (Å²) < 4.78 is 79.6. The van der Waals surface area contributed by atoms with Gasteiger partial charge in [0, 0.05) is 25.7 Å². The number of halogens is 8. The highest BCUT2D eigenvalue weighted by atomic mass is 127. The summed E-state index contributed by atoms with van der Waals surface area (Å²) in [7, 11) is 5.04. The summed E-state index contributed by atoms with van der Waals surface area (Å²) in [5.74, 6) is -22.2. The fraction of sp³-hybridized carbons (Fsp3) is 0.268. The number of amides is 4. The van der Waals surface area contributed by atoms with E-state index in [9.17, 15) is 37.5 Å². The van der Waals surface area contributed by atoms with Crippen LogP contribution in [0.25, 0.3) is 0 Å². The molecule has 0 bridgehead atoms. The number of ether oxygens (including phenoxy) is 1. The van der Waals surface area contributed by atoms with Crippen molar-refractivity contribution in [2.24, 2.45) is 28.0 Å². The third-order valence-corrected chi connectivity index (χ3v) is 13.8. The van der Waals surface area contributed by atoms with Gasteiger partial charge in [-0.25, -0.2) is 26.9 Å². The fourth-order valence-corrected chi connectivity index (χ4v) is 10.3. The first-order valence-electron chi connectivity index (χ1n) is 18.1. The van der Waals surface area contributed by atoms with E-state index in [0.29, 0.717) is 11.4 Å². The lowest BCUT2D eigenvalue weighted by atomic mass is 9.56. The molecular formula is C41H29Cl2F5IN5O6. The van der Waals surface area contributed by atoms with Crippen molar-refractivity contribution in [2.75, 3.05) is 35.9 Å². The van der Waals surface area contributed by atoms with Crippen LogP contribution in [0, 0.1) is 50.4 Å². The topological polar surface area (TPSA) is 132 Å². The normalized spacial score (nSPS) is 26.1. The SMILES string of the molecule is COc1cc([C@H]2C3=CC[C@@H]4C(=O)N(c5ccc(N=Nc6ccc(N(C)C)cc6)cc5)C(=O)[C@@H]4[C@@H]3C[C@@]3(Cl)C(=O)N(c4c(F)c(F)c(F)c(F)c4F)C(=O)[C@@]23Cl)cc(I)c1O. The molecule has 2 aliphatic heterocycles. The van der Waals surface area contributed by atoms with Crippen LogP contribution in [0.1, 0.15) is 24.3 Å². The standard InChI is InChI=1S/C41H29Cl2F5IN5O6/c1-52(2)20-8-4-18(5-9-20)50-51-19-6-10-21(11-7-19)53-36(56)23-13-12-22-24(27(23)37(53)57)16-40(42)38(58)54(34-32(47)30(45)29(44)31(46)33(34)48)39(59)41(40,43)28(22)17-14-25(49)35(55)26(15-17)60-3/h4-12,14-15,23-24,27-28,55H,13,16H2,1-3H3/t23-,24+,27-,28-,40+,41-/m0/s1. The van der Waals surface area contributed by atoms with Gasteiger partial charge in [-0.15, -0.1) is 23.2 Å². The summed E-state index contributed by atoms with van der Waals surface area (Å²) in [5, 5.41) is 19.2. The zero-order valence-electron chi connectivity index (χ0n) is 31.3. The Morgan fingerprint density at radius 1 is 0.800 bits per heavy atom. The number of azo groups is 1. The van der Waals surface area contributed by atoms with E-state index >= 15 is 8.78 Å². The maximum Gasteiger partial charge on any atom is 0.258 e. The molecule has 4 aliphatic rings. The number of carbonyl (C=O) groups is 4. The van der Waals surface area contributed by atoms with Crippen molar-refractivity contribution in [3.63, 3.8) is 0 Å². The zero-order valence-corrected chi connectivity index (χ0v) is 35.0. The average molecular weight is 981 g/mol. The molecule has 0 spiro atoms. The number of benzene rings is 4. The number of imide groups is 2. The maximum atomic E-state index is 15.4. The van der Waals surface area contributed by atoms with E-state index in [1.165, 1.54) is 31.4 Å². The molecule has 310 valence electrons. The van der Waals surface area contributed by atoms with Gasteiger partial charge in [-0.05, 0) is 108 Å². The average Bonchev–Trinajstić information content (AvgIpc) is 3.57. The van der Waals surface area contributed by atoms with Gasteiger partial charge in [0.25, 0.3) is 11.8 Å². The monoisotopic (exact) mass is 979 g/mol. The zero-order chi connectivity index (χ0) is 43.3. The van der Waals surface area contributed by atoms with Crippen molar-refractivity contribution in [2.45, 2.75) is 28.5 Å². The van der Waals surface area contributed by atoms with Crippen LogP contribution in [0.3, 0.4) is 0 Å². The van der Waals surface area contributed by atoms with Crippen LogP contribution in [0.5, 0.6) is 11.5 Å². The summed E-state index contributed by atoms with van der Waals surface area (Å²) in [4.78, 5) is 54.9. The van der Waals surface area contributed by atoms with E-state index in [-0.39, 0.29) is 43.2 Å². The van der Waals surface area contributed by atoms with E-state index in [2.05, 4.69) is 10.2 Å². The molecule has 2 aliphatic carbocycles. The van der Waals surface area contributed by atoms with E-state index in [4.69, 9.17) is 27.9 Å². The molecule has 1 saturated carbocycles. The van der Waals surface area contributed by atoms with Gasteiger partial charge in [0.1, 0.15) is 5.69 Å². The van der Waals surface area contributed by atoms with Gasteiger partial charge in [-0.2, -0.15) is 10.2 Å². The molecule has 2 saturated heterocycles. The number of phenolic OH excluding ortho intramolecular Hbond substituents is 1. The second kappa shape index (κ2) is 14.8. The molecule has 1 N–H and O–H groups in total. The first-order valence-corrected chi connectivity index (χ1v) is 19.9. The summed E-state index contributed by atoms with van der Waals surface area (Å²) >= 11 is 16.2. The van der Waals surface area contributed by atoms with E-state index in [1.807, 2.05) is 31.1 Å². The van der Waals surface area contributed by atoms with Crippen molar-refractivity contribution in [1.82, 2.24) is 0 Å². The van der Waals surface area contributed by atoms with E-state index in [1.54, 1.807) is 52.9 Å². The number of hydrogen-bond acceptors (Lipinski definition) is 9. The quantitative estimate of drug-likeness (QED) is 0.0286. The maximum absolute atomic E-state index is 15.4. The largest absolute Gasteiger partial charge is 0.504 e. The molecule has 0 aromatic heterocycles. The van der Waals surface area contributed by atoms with Gasteiger partial charge >= 0.3 is 0 Å². The highest BCUT2D eigenvalue weighted by molar-refractivity contribution is 14.1. The minimum Gasteiger partial charge on any atom is -0.504 e. The van der Waals surface area contributed by atoms with Crippen LogP contribution in [-0.2, 0) is 19.2 Å². The summed E-state index contributed by atoms with van der Waals surface area (Å²) in [6.45, 7) is 0. The molecule has 4 aromatic carbocycles. The Balaban J connectivity index is 1.20. The lowest BCUT2D eigenvalue weighted by Gasteiger charge is -2.50. The molecule has 4 aromatic rings. The number of rotatable bonds is 7. The first-order chi connectivity index (χ1) is 28.4. The highest BCUT2D eigenvalue weighted by Gasteiger charge is 2.77. The Bertz CT molecular complexity index is 2590. The van der Waals surface area contributed by atoms with Crippen molar-refractivity contribution < 1.29 is 51.0 Å². The predicted octanol–water partition coefficient (Wildman–Crippen LogP) is 8.95. The molecule has 2 heterocycles. The van der Waals surface area contributed by atoms with Crippen molar-refractivity contribution in [1.29, 1.82) is 0 Å². The Labute approximate surface area is 361 Å². The minimum absolute atomic E-state index is 0.0644. The number of anilines is 3. The Kier molecular flexibility index (Phi) is 10.3. The van der Waals surface area contributed by atoms with E-state index < -0.39 is 98.2 Å². The molecule has 3 fully saturated rings. The number of alkyl halides is 2. The third-order valence-electron chi connectivity index (χ3n) is 11.6. The molecule has 60 heavy (non-hydrogen) atoms. The Morgan fingerprint density at radius 2 is 1.37 bits per heavy atom. The molecule has 8 rings (SSSR count). The minimum atomic E-state index is -2.74. The number of phenols is 1. The predicted molar refractivity (Wildman–Crippen MR) is 218 cm³/mol. The van der Waals surface area contributed by atoms with Crippen LogP contribution in [0.15, 0.2) is 82.5 Å². The van der Waals surface area contributed by atoms with Gasteiger partial charge in [-0.1, -0.05) is 11.6 Å². The number of methoxy groups -OCH3 is 1. The first kappa shape index (κ1) is 41.6. The molecule has 19 heteroatoms. The highest BCUT2D eigenvalue weighted by Crippen LogP contribution is 2.66. The molecule has 4 amide bonds. The second-order valence-electron chi connectivity index (χ2n) is 14.9. The van der Waals surface area contributed by atoms with Gasteiger partial charge in [0.05, 0.1) is 39.6 Å². The molecule has 0 radical (unpaired) electrons. The number of fused-ring (bicyclic) bond motifs is 4. The summed E-state index contributed by atoms with van der Waals surface area (Å²) in [6.07, 6.45) is 0.836. The van der Waals surface area contributed by atoms with Crippen LogP contribution in [-0.4, -0.2) is 59.7 Å². The smallest absolute Gasteiger partial charge is 0.258 e. The third kappa shape index (κ3) is 5.93. The van der Waals surface area contributed by atoms with Crippen molar-refractivity contribution in [3.8, 4) is 11.5 Å². The van der Waals surface area contributed by atoms with Crippen LogP contribution in [0.2, 0.25) is 0 Å². The molecule has 6 atom stereocenters. The van der Waals surface area contributed by atoms with Gasteiger partial charge < -0.3 is 14.7 Å². The van der Waals surface area contributed by atoms with Crippen LogP contribution < -0.4 is 19.4 Å². The lowest BCUT2D eigenvalue weighted by Crippen LogP contribution is -2.60. The van der Waals surface area contributed by atoms with Crippen molar-refractivity contribution >= 4 is 97.9 Å².